The summed E-state index contributed by atoms with van der Waals surface area (Å²) in [6.07, 6.45) is 0. The first-order valence-corrected chi connectivity index (χ1v) is 10.8. The molecule has 2 atom stereocenters. The minimum Gasteiger partial charge on any atom is -0.479 e. The van der Waals surface area contributed by atoms with Gasteiger partial charge in [-0.15, -0.1) is 0 Å². The summed E-state index contributed by atoms with van der Waals surface area (Å²) in [6.45, 7) is 0. The molecule has 0 bridgehead atoms. The van der Waals surface area contributed by atoms with Gasteiger partial charge in [0.15, 0.2) is 6.04 Å². The van der Waals surface area contributed by atoms with Crippen LogP contribution in [0, 0.1) is 3.57 Å². The SMILES string of the molecule is O=C(O)C(c1ccccc1)N1C(=O)c2cc(I)ccc2NC(=O)C1c1ccccc1Cl. The van der Waals surface area contributed by atoms with Gasteiger partial charge in [-0.3, -0.25) is 9.59 Å². The van der Waals surface area contributed by atoms with Crippen molar-refractivity contribution in [2.75, 3.05) is 5.32 Å². The van der Waals surface area contributed by atoms with Gasteiger partial charge in [-0.05, 0) is 52.4 Å². The van der Waals surface area contributed by atoms with E-state index in [0.717, 1.165) is 8.47 Å². The van der Waals surface area contributed by atoms with Crippen molar-refractivity contribution in [3.05, 3.63) is 98.1 Å². The van der Waals surface area contributed by atoms with Gasteiger partial charge in [0.25, 0.3) is 11.8 Å². The quantitative estimate of drug-likeness (QED) is 0.456. The molecule has 2 unspecified atom stereocenters. The van der Waals surface area contributed by atoms with Gasteiger partial charge >= 0.3 is 5.97 Å². The Morgan fingerprint density at radius 3 is 2.39 bits per heavy atom. The van der Waals surface area contributed by atoms with Gasteiger partial charge in [0.05, 0.1) is 11.3 Å². The summed E-state index contributed by atoms with van der Waals surface area (Å²) >= 11 is 8.45. The van der Waals surface area contributed by atoms with Crippen LogP contribution < -0.4 is 5.32 Å². The molecule has 8 heteroatoms. The fraction of sp³-hybridized carbons (Fsp3) is 0.0870. The Morgan fingerprint density at radius 1 is 1.03 bits per heavy atom. The lowest BCUT2D eigenvalue weighted by Crippen LogP contribution is -2.44. The number of hydrogen-bond donors (Lipinski definition) is 2. The zero-order chi connectivity index (χ0) is 22.1. The van der Waals surface area contributed by atoms with E-state index in [4.69, 9.17) is 11.6 Å². The molecule has 0 aliphatic carbocycles. The number of halogens is 2. The Labute approximate surface area is 197 Å². The highest BCUT2D eigenvalue weighted by Crippen LogP contribution is 2.39. The molecular weight excluding hydrogens is 531 g/mol. The van der Waals surface area contributed by atoms with Crippen molar-refractivity contribution in [2.24, 2.45) is 0 Å². The van der Waals surface area contributed by atoms with Crippen molar-refractivity contribution >= 4 is 57.7 Å². The lowest BCUT2D eigenvalue weighted by Gasteiger charge is -2.34. The number of hydrogen-bond acceptors (Lipinski definition) is 3. The Bertz CT molecular complexity index is 1190. The highest BCUT2D eigenvalue weighted by atomic mass is 127. The number of nitrogens with zero attached hydrogens (tertiary/aromatic N) is 1. The van der Waals surface area contributed by atoms with Gasteiger partial charge in [0.1, 0.15) is 6.04 Å². The van der Waals surface area contributed by atoms with E-state index >= 15 is 0 Å². The number of rotatable bonds is 4. The van der Waals surface area contributed by atoms with Crippen LogP contribution in [0.3, 0.4) is 0 Å². The molecule has 1 aliphatic rings. The van der Waals surface area contributed by atoms with Crippen molar-refractivity contribution in [3.8, 4) is 0 Å². The molecule has 0 saturated carbocycles. The van der Waals surface area contributed by atoms with Crippen molar-refractivity contribution in [1.29, 1.82) is 0 Å². The molecule has 2 N–H and O–H groups in total. The number of benzene rings is 3. The monoisotopic (exact) mass is 546 g/mol. The second-order valence-electron chi connectivity index (χ2n) is 6.97. The van der Waals surface area contributed by atoms with E-state index in [0.29, 0.717) is 16.8 Å². The van der Waals surface area contributed by atoms with Gasteiger partial charge in [-0.1, -0.05) is 60.1 Å². The molecule has 156 valence electrons. The van der Waals surface area contributed by atoms with Crippen LogP contribution in [0.4, 0.5) is 5.69 Å². The van der Waals surface area contributed by atoms with Crippen LogP contribution in [0.25, 0.3) is 0 Å². The predicted molar refractivity (Wildman–Crippen MR) is 125 cm³/mol. The molecule has 4 rings (SSSR count). The normalized spacial score (nSPS) is 16.8. The zero-order valence-corrected chi connectivity index (χ0v) is 18.9. The van der Waals surface area contributed by atoms with Crippen molar-refractivity contribution < 1.29 is 19.5 Å². The Hall–Kier alpha value is -2.91. The van der Waals surface area contributed by atoms with Gasteiger partial charge in [0.2, 0.25) is 0 Å². The second kappa shape index (κ2) is 8.68. The minimum atomic E-state index is -1.40. The first kappa shape index (κ1) is 21.3. The number of carboxylic acids is 1. The van der Waals surface area contributed by atoms with Crippen LogP contribution in [0.5, 0.6) is 0 Å². The number of aliphatic carboxylic acids is 1. The maximum atomic E-state index is 13.8. The Morgan fingerprint density at radius 2 is 1.71 bits per heavy atom. The van der Waals surface area contributed by atoms with E-state index in [1.807, 2.05) is 0 Å². The Balaban J connectivity index is 1.99. The van der Waals surface area contributed by atoms with Crippen molar-refractivity contribution in [2.45, 2.75) is 12.1 Å². The standard InChI is InChI=1S/C23H16ClIN2O4/c24-17-9-5-4-8-15(17)20-21(28)26-18-11-10-14(25)12-16(18)22(29)27(20)19(23(30)31)13-6-2-1-3-7-13/h1-12,19-20H,(H,26,28)(H,30,31). The summed E-state index contributed by atoms with van der Waals surface area (Å²) in [4.78, 5) is 40.7. The van der Waals surface area contributed by atoms with Crippen LogP contribution in [0.1, 0.15) is 33.6 Å². The minimum absolute atomic E-state index is 0.219. The maximum absolute atomic E-state index is 13.8. The first-order valence-electron chi connectivity index (χ1n) is 9.33. The molecule has 2 amide bonds. The van der Waals surface area contributed by atoms with Gasteiger partial charge in [0, 0.05) is 14.2 Å². The van der Waals surface area contributed by atoms with E-state index in [9.17, 15) is 19.5 Å². The molecule has 0 spiro atoms. The smallest absolute Gasteiger partial charge is 0.331 e. The average molecular weight is 547 g/mol. The van der Waals surface area contributed by atoms with Crippen LogP contribution in [0.2, 0.25) is 5.02 Å². The molecule has 6 nitrogen and oxygen atoms in total. The van der Waals surface area contributed by atoms with Crippen LogP contribution in [-0.4, -0.2) is 27.8 Å². The van der Waals surface area contributed by atoms with Crippen molar-refractivity contribution in [1.82, 2.24) is 4.90 Å². The fourth-order valence-electron chi connectivity index (χ4n) is 3.70. The number of carboxylic acid groups (broad SMARTS) is 1. The van der Waals surface area contributed by atoms with E-state index in [1.165, 1.54) is 0 Å². The molecule has 0 radical (unpaired) electrons. The average Bonchev–Trinajstić information content (AvgIpc) is 2.84. The largest absolute Gasteiger partial charge is 0.479 e. The van der Waals surface area contributed by atoms with E-state index in [1.54, 1.807) is 72.8 Å². The molecule has 3 aromatic carbocycles. The molecule has 31 heavy (non-hydrogen) atoms. The van der Waals surface area contributed by atoms with E-state index < -0.39 is 29.9 Å². The molecule has 1 aliphatic heterocycles. The summed E-state index contributed by atoms with van der Waals surface area (Å²) in [5, 5.41) is 13.2. The molecule has 0 saturated heterocycles. The van der Waals surface area contributed by atoms with Gasteiger partial charge < -0.3 is 15.3 Å². The van der Waals surface area contributed by atoms with Crippen LogP contribution in [0.15, 0.2) is 72.8 Å². The van der Waals surface area contributed by atoms with E-state index in [-0.39, 0.29) is 10.6 Å². The fourth-order valence-corrected chi connectivity index (χ4v) is 4.43. The van der Waals surface area contributed by atoms with Crippen molar-refractivity contribution in [3.63, 3.8) is 0 Å². The molecule has 3 aromatic rings. The summed E-state index contributed by atoms with van der Waals surface area (Å²) in [5.41, 5.74) is 1.27. The summed E-state index contributed by atoms with van der Waals surface area (Å²) in [6, 6.07) is 17.4. The number of fused-ring (bicyclic) bond motifs is 1. The third-order valence-corrected chi connectivity index (χ3v) is 6.07. The zero-order valence-electron chi connectivity index (χ0n) is 16.0. The van der Waals surface area contributed by atoms with Gasteiger partial charge in [-0.2, -0.15) is 0 Å². The lowest BCUT2D eigenvalue weighted by atomic mass is 9.97. The summed E-state index contributed by atoms with van der Waals surface area (Å²) in [7, 11) is 0. The van der Waals surface area contributed by atoms with E-state index in [2.05, 4.69) is 27.9 Å². The molecule has 0 aromatic heterocycles. The van der Waals surface area contributed by atoms with Gasteiger partial charge in [-0.25, -0.2) is 4.79 Å². The third-order valence-electron chi connectivity index (χ3n) is 5.06. The van der Waals surface area contributed by atoms with Crippen LogP contribution >= 0.6 is 34.2 Å². The number of nitrogens with one attached hydrogen (secondary N) is 1. The highest BCUT2D eigenvalue weighted by molar-refractivity contribution is 14.1. The number of carbonyl (C=O) groups is 3. The highest BCUT2D eigenvalue weighted by Gasteiger charge is 2.44. The van der Waals surface area contributed by atoms with Crippen LogP contribution in [-0.2, 0) is 9.59 Å². The predicted octanol–water partition coefficient (Wildman–Crippen LogP) is 4.91. The molecule has 1 heterocycles. The summed E-state index contributed by atoms with van der Waals surface area (Å²) < 4.78 is 0.779. The molecular formula is C23H16ClIN2O4. The number of amides is 2. The lowest BCUT2D eigenvalue weighted by molar-refractivity contribution is -0.144. The summed E-state index contributed by atoms with van der Waals surface area (Å²) in [5.74, 6) is -2.37. The second-order valence-corrected chi connectivity index (χ2v) is 8.62. The maximum Gasteiger partial charge on any atom is 0.331 e. The number of carbonyl (C=O) groups excluding carboxylic acids is 2. The first-order chi connectivity index (χ1) is 14.9. The third kappa shape index (κ3) is 4.03. The topological polar surface area (TPSA) is 86.7 Å². The molecule has 0 fully saturated rings. The number of anilines is 1. The Kier molecular flexibility index (Phi) is 5.97.